The summed E-state index contributed by atoms with van der Waals surface area (Å²) in [5.41, 5.74) is 3.98. The van der Waals surface area contributed by atoms with Gasteiger partial charge >= 0.3 is 0 Å². The van der Waals surface area contributed by atoms with Gasteiger partial charge in [0.1, 0.15) is 0 Å². The smallest absolute Gasteiger partial charge is 0.159 e. The first kappa shape index (κ1) is 31.2. The number of unbranched alkanes of at least 4 members (excludes halogenated alkanes) is 8. The highest BCUT2D eigenvalue weighted by Crippen LogP contribution is 2.38. The molecule has 2 aliphatic rings. The van der Waals surface area contributed by atoms with E-state index in [4.69, 9.17) is 9.97 Å². The van der Waals surface area contributed by atoms with Gasteiger partial charge in [0.15, 0.2) is 5.82 Å². The fourth-order valence-electron chi connectivity index (χ4n) is 7.57. The van der Waals surface area contributed by atoms with Crippen LogP contribution in [0, 0.1) is 17.8 Å². The number of benzene rings is 1. The zero-order chi connectivity index (χ0) is 27.8. The van der Waals surface area contributed by atoms with Crippen molar-refractivity contribution in [3.63, 3.8) is 0 Å². The molecule has 0 spiro atoms. The molecule has 0 radical (unpaired) electrons. The first-order valence-corrected chi connectivity index (χ1v) is 17.7. The van der Waals surface area contributed by atoms with E-state index in [1.807, 2.05) is 0 Å². The lowest BCUT2D eigenvalue weighted by molar-refractivity contribution is 0.248. The van der Waals surface area contributed by atoms with Crippen LogP contribution in [0.25, 0.3) is 11.4 Å². The molecule has 2 heteroatoms. The summed E-state index contributed by atoms with van der Waals surface area (Å²) in [6, 6.07) is 9.21. The van der Waals surface area contributed by atoms with Gasteiger partial charge in [-0.1, -0.05) is 141 Å². The summed E-state index contributed by atoms with van der Waals surface area (Å²) < 4.78 is 0. The molecule has 2 nitrogen and oxygen atoms in total. The molecule has 4 rings (SSSR count). The third kappa shape index (κ3) is 10.6. The Bertz CT molecular complexity index is 902. The van der Waals surface area contributed by atoms with E-state index in [2.05, 4.69) is 50.5 Å². The molecule has 2 aromatic rings. The maximum Gasteiger partial charge on any atom is 0.159 e. The molecular weight excluding hydrogens is 484 g/mol. The lowest BCUT2D eigenvalue weighted by Gasteiger charge is -2.29. The molecule has 2 aliphatic carbocycles. The van der Waals surface area contributed by atoms with E-state index >= 15 is 0 Å². The van der Waals surface area contributed by atoms with Crippen LogP contribution in [0.5, 0.6) is 0 Å². The molecule has 0 atom stereocenters. The molecule has 1 heterocycles. The van der Waals surface area contributed by atoms with Gasteiger partial charge in [-0.05, 0) is 73.3 Å². The predicted octanol–water partition coefficient (Wildman–Crippen LogP) is 11.9. The second kappa shape index (κ2) is 18.0. The molecule has 1 aromatic carbocycles. The van der Waals surface area contributed by atoms with Crippen molar-refractivity contribution in [3.05, 3.63) is 47.8 Å². The number of hydrogen-bond donors (Lipinski definition) is 0. The summed E-state index contributed by atoms with van der Waals surface area (Å²) in [6.45, 7) is 4.61. The van der Waals surface area contributed by atoms with E-state index in [0.717, 1.165) is 41.5 Å². The Labute approximate surface area is 247 Å². The van der Waals surface area contributed by atoms with E-state index in [9.17, 15) is 0 Å². The number of aryl methyl sites for hydroxylation is 1. The van der Waals surface area contributed by atoms with Gasteiger partial charge in [0.05, 0.1) is 0 Å². The molecule has 2 saturated carbocycles. The van der Waals surface area contributed by atoms with Crippen LogP contribution >= 0.6 is 0 Å². The Morgan fingerprint density at radius 3 is 1.60 bits per heavy atom. The Hall–Kier alpha value is -1.70. The summed E-state index contributed by atoms with van der Waals surface area (Å²) in [4.78, 5) is 9.54. The van der Waals surface area contributed by atoms with Crippen LogP contribution in [0.2, 0.25) is 0 Å². The zero-order valence-electron chi connectivity index (χ0n) is 26.2. The van der Waals surface area contributed by atoms with Crippen LogP contribution in [0.4, 0.5) is 0 Å². The van der Waals surface area contributed by atoms with Crippen molar-refractivity contribution in [2.24, 2.45) is 17.8 Å². The summed E-state index contributed by atoms with van der Waals surface area (Å²) in [6.07, 6.45) is 35.2. The Morgan fingerprint density at radius 2 is 1.02 bits per heavy atom. The van der Waals surface area contributed by atoms with Gasteiger partial charge in [0.2, 0.25) is 0 Å². The minimum Gasteiger partial charge on any atom is -0.236 e. The fourth-order valence-corrected chi connectivity index (χ4v) is 7.57. The highest BCUT2D eigenvalue weighted by atomic mass is 14.9. The van der Waals surface area contributed by atoms with Gasteiger partial charge in [-0.15, -0.1) is 0 Å². The quantitative estimate of drug-likeness (QED) is 0.185. The van der Waals surface area contributed by atoms with E-state index in [-0.39, 0.29) is 0 Å². The number of nitrogens with zero attached hydrogens (tertiary/aromatic N) is 2. The Kier molecular flexibility index (Phi) is 14.0. The van der Waals surface area contributed by atoms with Gasteiger partial charge in [-0.25, -0.2) is 9.97 Å². The molecular formula is C38H60N2. The summed E-state index contributed by atoms with van der Waals surface area (Å²) in [5, 5.41) is 0. The average molecular weight is 545 g/mol. The first-order valence-electron chi connectivity index (χ1n) is 17.7. The SMILES string of the molecule is CCCCCCCCC1CCC(CCc2cnc(-c3ccc(C4CCC(CCCCCC)CC4)cc3)nc2)CC1. The molecule has 0 N–H and O–H groups in total. The van der Waals surface area contributed by atoms with Crippen molar-refractivity contribution in [1.29, 1.82) is 0 Å². The topological polar surface area (TPSA) is 25.8 Å². The number of rotatable bonds is 17. The second-order valence-electron chi connectivity index (χ2n) is 13.6. The minimum atomic E-state index is 0.745. The van der Waals surface area contributed by atoms with Crippen molar-refractivity contribution in [2.75, 3.05) is 0 Å². The molecule has 1 aromatic heterocycles. The van der Waals surface area contributed by atoms with Crippen LogP contribution in [-0.2, 0) is 6.42 Å². The van der Waals surface area contributed by atoms with Crippen molar-refractivity contribution in [2.45, 2.75) is 161 Å². The van der Waals surface area contributed by atoms with Crippen molar-refractivity contribution >= 4 is 0 Å². The summed E-state index contributed by atoms with van der Waals surface area (Å²) in [7, 11) is 0. The van der Waals surface area contributed by atoms with Gasteiger partial charge in [-0.2, -0.15) is 0 Å². The van der Waals surface area contributed by atoms with Crippen LogP contribution in [0.1, 0.15) is 166 Å². The molecule has 0 saturated heterocycles. The lowest BCUT2D eigenvalue weighted by atomic mass is 9.77. The van der Waals surface area contributed by atoms with Crippen LogP contribution < -0.4 is 0 Å². The van der Waals surface area contributed by atoms with E-state index in [1.54, 1.807) is 0 Å². The van der Waals surface area contributed by atoms with Crippen molar-refractivity contribution < 1.29 is 0 Å². The molecule has 0 unspecified atom stereocenters. The fraction of sp³-hybridized carbons (Fsp3) is 0.737. The molecule has 0 aliphatic heterocycles. The molecule has 0 amide bonds. The van der Waals surface area contributed by atoms with Gasteiger partial charge in [-0.3, -0.25) is 0 Å². The predicted molar refractivity (Wildman–Crippen MR) is 173 cm³/mol. The molecule has 222 valence electrons. The highest BCUT2D eigenvalue weighted by molar-refractivity contribution is 5.55. The average Bonchev–Trinajstić information content (AvgIpc) is 3.01. The Morgan fingerprint density at radius 1 is 0.550 bits per heavy atom. The van der Waals surface area contributed by atoms with Crippen molar-refractivity contribution in [1.82, 2.24) is 9.97 Å². The van der Waals surface area contributed by atoms with E-state index in [0.29, 0.717) is 0 Å². The van der Waals surface area contributed by atoms with Gasteiger partial charge < -0.3 is 0 Å². The van der Waals surface area contributed by atoms with E-state index in [1.165, 1.54) is 146 Å². The maximum atomic E-state index is 4.77. The largest absolute Gasteiger partial charge is 0.236 e. The second-order valence-corrected chi connectivity index (χ2v) is 13.6. The molecule has 2 fully saturated rings. The normalized spacial score (nSPS) is 23.4. The summed E-state index contributed by atoms with van der Waals surface area (Å²) >= 11 is 0. The Balaban J connectivity index is 1.12. The monoisotopic (exact) mass is 544 g/mol. The minimum absolute atomic E-state index is 0.745. The lowest BCUT2D eigenvalue weighted by Crippen LogP contribution is -2.15. The van der Waals surface area contributed by atoms with Crippen LogP contribution in [-0.4, -0.2) is 9.97 Å². The third-order valence-electron chi connectivity index (χ3n) is 10.4. The maximum absolute atomic E-state index is 4.77. The highest BCUT2D eigenvalue weighted by Gasteiger charge is 2.23. The number of aromatic nitrogens is 2. The summed E-state index contributed by atoms with van der Waals surface area (Å²) in [5.74, 6) is 4.51. The van der Waals surface area contributed by atoms with Gasteiger partial charge in [0, 0.05) is 18.0 Å². The van der Waals surface area contributed by atoms with E-state index < -0.39 is 0 Å². The molecule has 0 bridgehead atoms. The van der Waals surface area contributed by atoms with Crippen LogP contribution in [0.15, 0.2) is 36.7 Å². The first-order chi connectivity index (χ1) is 19.7. The van der Waals surface area contributed by atoms with Gasteiger partial charge in [0.25, 0.3) is 0 Å². The van der Waals surface area contributed by atoms with Crippen LogP contribution in [0.3, 0.4) is 0 Å². The third-order valence-corrected chi connectivity index (χ3v) is 10.4. The standard InChI is InChI=1S/C38H60N2/c1-3-5-7-9-10-12-14-31-15-17-33(18-16-31)19-20-34-29-39-38(40-30-34)37-27-25-36(26-28-37)35-23-21-32(22-24-35)13-11-8-6-4-2/h25-33,35H,3-24H2,1-2H3. The molecule has 40 heavy (non-hydrogen) atoms. The zero-order valence-corrected chi connectivity index (χ0v) is 26.2. The number of hydrogen-bond acceptors (Lipinski definition) is 2. The van der Waals surface area contributed by atoms with Crippen molar-refractivity contribution in [3.8, 4) is 11.4 Å².